The lowest BCUT2D eigenvalue weighted by atomic mass is 9.89. The second-order valence-electron chi connectivity index (χ2n) is 12.1. The van der Waals surface area contributed by atoms with E-state index in [1.165, 1.54) is 64.2 Å². The van der Waals surface area contributed by atoms with E-state index >= 15 is 0 Å². The fourth-order valence-corrected chi connectivity index (χ4v) is 11.6. The molecular weight excluding hydrogens is 482 g/mol. The molecule has 0 spiro atoms. The van der Waals surface area contributed by atoms with Crippen molar-refractivity contribution >= 4 is 29.0 Å². The van der Waals surface area contributed by atoms with Gasteiger partial charge < -0.3 is 10.6 Å². The molecule has 0 radical (unpaired) electrons. The first kappa shape index (κ1) is 26.9. The molecule has 200 valence electrons. The van der Waals surface area contributed by atoms with Crippen LogP contribution in [0, 0.1) is 11.8 Å². The summed E-state index contributed by atoms with van der Waals surface area (Å²) in [5.41, 5.74) is 2.51. The molecule has 0 aliphatic heterocycles. The van der Waals surface area contributed by atoms with Gasteiger partial charge in [-0.2, -0.15) is 0 Å². The fraction of sp³-hybridized carbons (Fsp3) is 0.800. The highest BCUT2D eigenvalue weighted by Crippen LogP contribution is 2.45. The van der Waals surface area contributed by atoms with Crippen molar-refractivity contribution in [1.29, 1.82) is 0 Å². The number of amides is 2. The van der Waals surface area contributed by atoms with E-state index in [1.807, 2.05) is 0 Å². The number of nitrogens with one attached hydrogen (secondary N) is 2. The Morgan fingerprint density at radius 2 is 1.03 bits per heavy atom. The molecule has 3 fully saturated rings. The standard InChI is InChI=1S/C30H48N2O2P2/c33-29(23-15-9-19-27(23)35-21-11-3-1-4-12-21)31-25-17-7-8-18-26(25)32-30(34)24-16-10-20-28(24)36-22-13-5-2-6-14-22/h3,5,11,13,21-28,35-36H,1-2,4,6-10,12,14-20H2,(H,31,33)(H,32,34)/t21?,22?,23?,24?,25-,26-,27?,28?/m0/s1. The van der Waals surface area contributed by atoms with Crippen LogP contribution in [0.15, 0.2) is 24.3 Å². The Morgan fingerprint density at radius 3 is 1.44 bits per heavy atom. The Labute approximate surface area is 222 Å². The van der Waals surface area contributed by atoms with Gasteiger partial charge in [-0.05, 0) is 99.7 Å². The van der Waals surface area contributed by atoms with E-state index in [4.69, 9.17) is 0 Å². The topological polar surface area (TPSA) is 58.2 Å². The van der Waals surface area contributed by atoms with E-state index in [9.17, 15) is 9.59 Å². The van der Waals surface area contributed by atoms with Crippen LogP contribution in [0.25, 0.3) is 0 Å². The summed E-state index contributed by atoms with van der Waals surface area (Å²) < 4.78 is 0. The number of carbonyl (C=O) groups is 2. The minimum Gasteiger partial charge on any atom is -0.351 e. The summed E-state index contributed by atoms with van der Waals surface area (Å²) in [6.07, 6.45) is 28.4. The van der Waals surface area contributed by atoms with Crippen molar-refractivity contribution in [2.45, 2.75) is 137 Å². The number of hydrogen-bond donors (Lipinski definition) is 2. The van der Waals surface area contributed by atoms with Gasteiger partial charge in [0.2, 0.25) is 11.8 Å². The zero-order valence-electron chi connectivity index (χ0n) is 22.1. The van der Waals surface area contributed by atoms with Gasteiger partial charge in [-0.15, -0.1) is 17.2 Å². The van der Waals surface area contributed by atoms with Crippen LogP contribution in [0.1, 0.15) is 103 Å². The average molecular weight is 531 g/mol. The summed E-state index contributed by atoms with van der Waals surface area (Å²) >= 11 is 0. The second kappa shape index (κ2) is 13.4. The summed E-state index contributed by atoms with van der Waals surface area (Å²) in [5, 5.41) is 6.95. The number of allylic oxidation sites excluding steroid dienone is 4. The van der Waals surface area contributed by atoms with Gasteiger partial charge in [-0.3, -0.25) is 9.59 Å². The van der Waals surface area contributed by atoms with Crippen LogP contribution >= 0.6 is 17.2 Å². The Hall–Kier alpha value is -0.720. The summed E-state index contributed by atoms with van der Waals surface area (Å²) in [5.74, 6) is 0.919. The van der Waals surface area contributed by atoms with Gasteiger partial charge in [-0.25, -0.2) is 0 Å². The maximum absolute atomic E-state index is 13.5. The normalized spacial score (nSPS) is 39.3. The number of hydrogen-bond acceptors (Lipinski definition) is 2. The predicted molar refractivity (Wildman–Crippen MR) is 155 cm³/mol. The predicted octanol–water partition coefficient (Wildman–Crippen LogP) is 6.44. The lowest BCUT2D eigenvalue weighted by Gasteiger charge is -2.35. The third-order valence-corrected chi connectivity index (χ3v) is 13.5. The van der Waals surface area contributed by atoms with E-state index in [0.717, 1.165) is 55.7 Å². The third-order valence-electron chi connectivity index (χ3n) is 9.49. The molecule has 2 N–H and O–H groups in total. The van der Waals surface area contributed by atoms with Crippen LogP contribution in [0.2, 0.25) is 0 Å². The van der Waals surface area contributed by atoms with Crippen molar-refractivity contribution in [3.8, 4) is 0 Å². The van der Waals surface area contributed by atoms with Crippen molar-refractivity contribution in [2.24, 2.45) is 11.8 Å². The molecule has 8 unspecified atom stereocenters. The van der Waals surface area contributed by atoms with Gasteiger partial charge >= 0.3 is 0 Å². The van der Waals surface area contributed by atoms with Gasteiger partial charge in [0.1, 0.15) is 0 Å². The summed E-state index contributed by atoms with van der Waals surface area (Å²) in [4.78, 5) is 27.0. The van der Waals surface area contributed by atoms with Crippen LogP contribution in [0.5, 0.6) is 0 Å². The van der Waals surface area contributed by atoms with E-state index in [-0.39, 0.29) is 35.7 Å². The van der Waals surface area contributed by atoms with Gasteiger partial charge in [-0.1, -0.05) is 50.0 Å². The molecule has 10 atom stereocenters. The third kappa shape index (κ3) is 7.02. The molecular formula is C30H48N2O2P2. The summed E-state index contributed by atoms with van der Waals surface area (Å²) in [6, 6.07) is 0.218. The Balaban J connectivity index is 1.15. The van der Waals surface area contributed by atoms with Crippen molar-refractivity contribution in [1.82, 2.24) is 10.6 Å². The minimum absolute atomic E-state index is 0.109. The molecule has 0 aromatic heterocycles. The van der Waals surface area contributed by atoms with E-state index in [0.29, 0.717) is 22.6 Å². The van der Waals surface area contributed by atoms with Crippen molar-refractivity contribution in [3.05, 3.63) is 24.3 Å². The fourth-order valence-electron chi connectivity index (χ4n) is 7.46. The minimum atomic E-state index is 0.109. The molecule has 5 aliphatic carbocycles. The van der Waals surface area contributed by atoms with Crippen LogP contribution in [0.3, 0.4) is 0 Å². The zero-order chi connectivity index (χ0) is 24.7. The highest BCUT2D eigenvalue weighted by Gasteiger charge is 2.39. The molecule has 36 heavy (non-hydrogen) atoms. The number of carbonyl (C=O) groups excluding carboxylic acids is 2. The SMILES string of the molecule is O=C(N[C@H]1CCCC[C@@H]1NC(=O)C1CCCC1PC1C=CCCC1)C1CCCC1PC1C=CCCC1. The van der Waals surface area contributed by atoms with E-state index in [1.54, 1.807) is 0 Å². The quantitative estimate of drug-likeness (QED) is 0.280. The molecule has 0 bridgehead atoms. The average Bonchev–Trinajstić information content (AvgIpc) is 3.56. The molecule has 6 heteroatoms. The zero-order valence-corrected chi connectivity index (χ0v) is 24.1. The highest BCUT2D eigenvalue weighted by molar-refractivity contribution is 7.40. The number of rotatable bonds is 8. The molecule has 4 nitrogen and oxygen atoms in total. The van der Waals surface area contributed by atoms with Crippen LogP contribution in [-0.4, -0.2) is 46.5 Å². The smallest absolute Gasteiger partial charge is 0.224 e. The molecule has 5 rings (SSSR count). The lowest BCUT2D eigenvalue weighted by Crippen LogP contribution is -2.55. The molecule has 3 saturated carbocycles. The van der Waals surface area contributed by atoms with Gasteiger partial charge in [0, 0.05) is 23.9 Å². The van der Waals surface area contributed by atoms with Gasteiger partial charge in [0.05, 0.1) is 0 Å². The van der Waals surface area contributed by atoms with Crippen molar-refractivity contribution in [3.63, 3.8) is 0 Å². The molecule has 0 saturated heterocycles. The van der Waals surface area contributed by atoms with Crippen molar-refractivity contribution < 1.29 is 9.59 Å². The molecule has 2 amide bonds. The first-order valence-corrected chi connectivity index (χ1v) is 17.4. The van der Waals surface area contributed by atoms with E-state index < -0.39 is 0 Å². The molecule has 0 aromatic rings. The Bertz CT molecular complexity index is 749. The van der Waals surface area contributed by atoms with Crippen LogP contribution in [-0.2, 0) is 9.59 Å². The lowest BCUT2D eigenvalue weighted by molar-refractivity contribution is -0.128. The monoisotopic (exact) mass is 530 g/mol. The highest BCUT2D eigenvalue weighted by atomic mass is 31.1. The second-order valence-corrected chi connectivity index (χ2v) is 15.7. The van der Waals surface area contributed by atoms with Crippen molar-refractivity contribution in [2.75, 3.05) is 0 Å². The van der Waals surface area contributed by atoms with E-state index in [2.05, 4.69) is 34.9 Å². The molecule has 5 aliphatic rings. The Morgan fingerprint density at radius 1 is 0.556 bits per heavy atom. The molecule has 0 heterocycles. The van der Waals surface area contributed by atoms with Gasteiger partial charge in [0.25, 0.3) is 0 Å². The first-order chi connectivity index (χ1) is 17.7. The largest absolute Gasteiger partial charge is 0.351 e. The summed E-state index contributed by atoms with van der Waals surface area (Å²) in [7, 11) is 1.78. The first-order valence-electron chi connectivity index (χ1n) is 15.1. The molecule has 0 aromatic carbocycles. The maximum atomic E-state index is 13.5. The van der Waals surface area contributed by atoms with Crippen LogP contribution in [0.4, 0.5) is 0 Å². The Kier molecular flexibility index (Phi) is 9.98. The van der Waals surface area contributed by atoms with Gasteiger partial charge in [0.15, 0.2) is 0 Å². The van der Waals surface area contributed by atoms with Crippen LogP contribution < -0.4 is 10.6 Å². The summed E-state index contributed by atoms with van der Waals surface area (Å²) in [6.45, 7) is 0. The maximum Gasteiger partial charge on any atom is 0.224 e.